The van der Waals surface area contributed by atoms with Crippen molar-refractivity contribution in [1.82, 2.24) is 9.62 Å². The summed E-state index contributed by atoms with van der Waals surface area (Å²) >= 11 is 5.83. The minimum Gasteiger partial charge on any atom is -0.301 e. The Kier molecular flexibility index (Phi) is 4.85. The number of rotatable bonds is 5. The van der Waals surface area contributed by atoms with Crippen LogP contribution in [0.3, 0.4) is 0 Å². The van der Waals surface area contributed by atoms with Gasteiger partial charge in [0.1, 0.15) is 4.90 Å². The molecule has 0 aromatic heterocycles. The van der Waals surface area contributed by atoms with Crippen molar-refractivity contribution in [1.29, 1.82) is 0 Å². The SMILES string of the molecule is O=S(=O)(N[C@@H]1CCN(CC2CC2)C1)c1cc(C(F)(F)F)ccc1Cl. The van der Waals surface area contributed by atoms with Crippen molar-refractivity contribution in [2.24, 2.45) is 5.92 Å². The summed E-state index contributed by atoms with van der Waals surface area (Å²) in [6, 6.07) is 2.02. The Morgan fingerprint density at radius 2 is 1.96 bits per heavy atom. The first-order chi connectivity index (χ1) is 11.1. The summed E-state index contributed by atoms with van der Waals surface area (Å²) < 4.78 is 65.8. The number of nitrogens with one attached hydrogen (secondary N) is 1. The third-order valence-corrected chi connectivity index (χ3v) is 6.36. The van der Waals surface area contributed by atoms with Gasteiger partial charge in [-0.2, -0.15) is 13.2 Å². The lowest BCUT2D eigenvalue weighted by molar-refractivity contribution is -0.137. The first-order valence-corrected chi connectivity index (χ1v) is 9.63. The highest BCUT2D eigenvalue weighted by molar-refractivity contribution is 7.89. The minimum absolute atomic E-state index is 0.219. The van der Waals surface area contributed by atoms with Gasteiger partial charge >= 0.3 is 6.18 Å². The molecule has 0 unspecified atom stereocenters. The molecule has 1 aliphatic carbocycles. The van der Waals surface area contributed by atoms with Crippen molar-refractivity contribution in [3.05, 3.63) is 28.8 Å². The number of hydrogen-bond acceptors (Lipinski definition) is 3. The van der Waals surface area contributed by atoms with Crippen molar-refractivity contribution in [3.8, 4) is 0 Å². The van der Waals surface area contributed by atoms with Crippen molar-refractivity contribution in [2.75, 3.05) is 19.6 Å². The Hall–Kier alpha value is -0.830. The lowest BCUT2D eigenvalue weighted by atomic mass is 10.2. The molecule has 1 aliphatic heterocycles. The second-order valence-electron chi connectivity index (χ2n) is 6.45. The summed E-state index contributed by atoms with van der Waals surface area (Å²) in [7, 11) is -4.10. The van der Waals surface area contributed by atoms with Crippen LogP contribution >= 0.6 is 11.6 Å². The zero-order chi connectivity index (χ0) is 17.5. The van der Waals surface area contributed by atoms with E-state index in [1.165, 1.54) is 12.8 Å². The summed E-state index contributed by atoms with van der Waals surface area (Å²) in [6.45, 7) is 2.33. The molecule has 1 N–H and O–H groups in total. The molecule has 2 aliphatic rings. The summed E-state index contributed by atoms with van der Waals surface area (Å²) in [5.74, 6) is 0.707. The fourth-order valence-electron chi connectivity index (χ4n) is 2.93. The summed E-state index contributed by atoms with van der Waals surface area (Å²) in [6.07, 6.45) is -1.55. The molecule has 0 amide bonds. The van der Waals surface area contributed by atoms with E-state index in [1.54, 1.807) is 0 Å². The van der Waals surface area contributed by atoms with Crippen LogP contribution in [0, 0.1) is 5.92 Å². The van der Waals surface area contributed by atoms with Gasteiger partial charge in [0, 0.05) is 19.1 Å². The van der Waals surface area contributed by atoms with E-state index in [2.05, 4.69) is 9.62 Å². The van der Waals surface area contributed by atoms with Crippen LogP contribution in [0.15, 0.2) is 23.1 Å². The Morgan fingerprint density at radius 1 is 1.25 bits per heavy atom. The molecule has 134 valence electrons. The molecule has 0 radical (unpaired) electrons. The maximum absolute atomic E-state index is 12.8. The molecule has 1 aromatic carbocycles. The standard InChI is InChI=1S/C15H18ClF3N2O2S/c16-13-4-3-11(15(17,18)19)7-14(13)24(22,23)20-12-5-6-21(9-12)8-10-1-2-10/h3-4,7,10,12,20H,1-2,5-6,8-9H2/t12-/m1/s1. The van der Waals surface area contributed by atoms with Crippen molar-refractivity contribution < 1.29 is 21.6 Å². The molecule has 1 aromatic rings. The number of sulfonamides is 1. The number of likely N-dealkylation sites (tertiary alicyclic amines) is 1. The molecular formula is C15H18ClF3N2O2S. The fraction of sp³-hybridized carbons (Fsp3) is 0.600. The van der Waals surface area contributed by atoms with Gasteiger partial charge in [0.05, 0.1) is 10.6 Å². The molecule has 4 nitrogen and oxygen atoms in total. The third-order valence-electron chi connectivity index (χ3n) is 4.36. The van der Waals surface area contributed by atoms with E-state index in [9.17, 15) is 21.6 Å². The first-order valence-electron chi connectivity index (χ1n) is 7.76. The van der Waals surface area contributed by atoms with Crippen LogP contribution in [0.25, 0.3) is 0 Å². The lowest BCUT2D eigenvalue weighted by Gasteiger charge is -2.17. The average Bonchev–Trinajstić information content (AvgIpc) is 3.17. The second-order valence-corrected chi connectivity index (χ2v) is 8.54. The van der Waals surface area contributed by atoms with Gasteiger partial charge in [0.2, 0.25) is 10.0 Å². The summed E-state index contributed by atoms with van der Waals surface area (Å²) in [5, 5.41) is -0.219. The van der Waals surface area contributed by atoms with E-state index in [4.69, 9.17) is 11.6 Å². The molecular weight excluding hydrogens is 365 g/mol. The van der Waals surface area contributed by atoms with Crippen LogP contribution < -0.4 is 4.72 Å². The minimum atomic E-state index is -4.62. The summed E-state index contributed by atoms with van der Waals surface area (Å²) in [4.78, 5) is 1.66. The monoisotopic (exact) mass is 382 g/mol. The quantitative estimate of drug-likeness (QED) is 0.851. The number of hydrogen-bond donors (Lipinski definition) is 1. The van der Waals surface area contributed by atoms with Crippen molar-refractivity contribution in [3.63, 3.8) is 0 Å². The zero-order valence-corrected chi connectivity index (χ0v) is 14.4. The number of halogens is 4. The highest BCUT2D eigenvalue weighted by Gasteiger charge is 2.35. The lowest BCUT2D eigenvalue weighted by Crippen LogP contribution is -2.37. The van der Waals surface area contributed by atoms with Gasteiger partial charge < -0.3 is 4.90 Å². The number of alkyl halides is 3. The normalized spacial score (nSPS) is 22.9. The van der Waals surface area contributed by atoms with Crippen LogP contribution in [0.5, 0.6) is 0 Å². The molecule has 0 bridgehead atoms. The van der Waals surface area contributed by atoms with E-state index >= 15 is 0 Å². The zero-order valence-electron chi connectivity index (χ0n) is 12.8. The van der Waals surface area contributed by atoms with E-state index in [0.29, 0.717) is 24.9 Å². The van der Waals surface area contributed by atoms with Gasteiger partial charge in [-0.3, -0.25) is 0 Å². The van der Waals surface area contributed by atoms with Gasteiger partial charge in [0.15, 0.2) is 0 Å². The smallest absolute Gasteiger partial charge is 0.301 e. The van der Waals surface area contributed by atoms with Gasteiger partial charge in [0.25, 0.3) is 0 Å². The van der Waals surface area contributed by atoms with Crippen LogP contribution in [0.2, 0.25) is 5.02 Å². The van der Waals surface area contributed by atoms with Crippen LogP contribution in [-0.4, -0.2) is 39.0 Å². The Balaban J connectivity index is 1.73. The molecule has 1 atom stereocenters. The van der Waals surface area contributed by atoms with Gasteiger partial charge in [-0.25, -0.2) is 13.1 Å². The highest BCUT2D eigenvalue weighted by atomic mass is 35.5. The maximum Gasteiger partial charge on any atom is 0.416 e. The third kappa shape index (κ3) is 4.22. The second kappa shape index (κ2) is 6.48. The molecule has 0 spiro atoms. The topological polar surface area (TPSA) is 49.4 Å². The largest absolute Gasteiger partial charge is 0.416 e. The molecule has 1 saturated heterocycles. The maximum atomic E-state index is 12.8. The van der Waals surface area contributed by atoms with Crippen molar-refractivity contribution >= 4 is 21.6 Å². The van der Waals surface area contributed by atoms with E-state index < -0.39 is 26.7 Å². The van der Waals surface area contributed by atoms with Crippen molar-refractivity contribution in [2.45, 2.75) is 36.4 Å². The molecule has 3 rings (SSSR count). The molecule has 1 heterocycles. The predicted octanol–water partition coefficient (Wildman–Crippen LogP) is 3.12. The first kappa shape index (κ1) is 18.0. The van der Waals surface area contributed by atoms with Crippen LogP contribution in [0.4, 0.5) is 13.2 Å². The van der Waals surface area contributed by atoms with Crippen LogP contribution in [-0.2, 0) is 16.2 Å². The van der Waals surface area contributed by atoms with E-state index in [1.807, 2.05) is 0 Å². The Labute approximate surface area is 144 Å². The molecule has 9 heteroatoms. The molecule has 1 saturated carbocycles. The van der Waals surface area contributed by atoms with Gasteiger partial charge in [-0.15, -0.1) is 0 Å². The van der Waals surface area contributed by atoms with Gasteiger partial charge in [-0.05, 0) is 49.9 Å². The number of nitrogens with zero attached hydrogens (tertiary/aromatic N) is 1. The highest BCUT2D eigenvalue weighted by Crippen LogP contribution is 2.34. The number of benzene rings is 1. The van der Waals surface area contributed by atoms with Crippen LogP contribution in [0.1, 0.15) is 24.8 Å². The van der Waals surface area contributed by atoms with Gasteiger partial charge in [-0.1, -0.05) is 11.6 Å². The van der Waals surface area contributed by atoms with E-state index in [-0.39, 0.29) is 11.1 Å². The fourth-order valence-corrected chi connectivity index (χ4v) is 4.72. The molecule has 2 fully saturated rings. The Bertz CT molecular complexity index is 720. The average molecular weight is 383 g/mol. The van der Waals surface area contributed by atoms with E-state index in [0.717, 1.165) is 25.2 Å². The molecule has 24 heavy (non-hydrogen) atoms. The summed E-state index contributed by atoms with van der Waals surface area (Å²) in [5.41, 5.74) is -1.03. The Morgan fingerprint density at radius 3 is 2.58 bits per heavy atom. The predicted molar refractivity (Wildman–Crippen MR) is 84.3 cm³/mol.